The van der Waals surface area contributed by atoms with Crippen LogP contribution in [0.1, 0.15) is 27.2 Å². The van der Waals surface area contributed by atoms with Gasteiger partial charge in [0.1, 0.15) is 6.07 Å². The van der Waals surface area contributed by atoms with E-state index in [0.29, 0.717) is 11.3 Å². The van der Waals surface area contributed by atoms with Crippen LogP contribution in [0.5, 0.6) is 0 Å². The fourth-order valence-corrected chi connectivity index (χ4v) is 2.12. The van der Waals surface area contributed by atoms with Crippen molar-refractivity contribution in [2.75, 3.05) is 12.8 Å². The molecule has 0 atom stereocenters. The maximum atomic E-state index is 11.9. The third kappa shape index (κ3) is 2.47. The van der Waals surface area contributed by atoms with E-state index in [2.05, 4.69) is 0 Å². The lowest BCUT2D eigenvalue weighted by molar-refractivity contribution is 0.0593. The van der Waals surface area contributed by atoms with Gasteiger partial charge in [0.05, 0.1) is 25.0 Å². The van der Waals surface area contributed by atoms with Crippen LogP contribution in [-0.4, -0.2) is 22.8 Å². The molecule has 108 valence electrons. The van der Waals surface area contributed by atoms with Crippen LogP contribution in [0.3, 0.4) is 0 Å². The summed E-state index contributed by atoms with van der Waals surface area (Å²) in [5.74, 6) is -0.622. The molecule has 21 heavy (non-hydrogen) atoms. The van der Waals surface area contributed by atoms with Crippen molar-refractivity contribution in [3.8, 4) is 11.8 Å². The molecule has 0 spiro atoms. The van der Waals surface area contributed by atoms with E-state index in [9.17, 15) is 9.90 Å². The number of aliphatic hydroxyl groups is 1. The number of hydrogen-bond donors (Lipinski definition) is 2. The Kier molecular flexibility index (Phi) is 3.96. The molecule has 0 aliphatic carbocycles. The summed E-state index contributed by atoms with van der Waals surface area (Å²) in [7, 11) is 1.25. The second-order valence-electron chi connectivity index (χ2n) is 4.56. The summed E-state index contributed by atoms with van der Waals surface area (Å²) >= 11 is 0. The lowest BCUT2D eigenvalue weighted by Gasteiger charge is -2.12. The number of nitriles is 1. The summed E-state index contributed by atoms with van der Waals surface area (Å²) in [6, 6.07) is 7.30. The minimum Gasteiger partial charge on any atom is -0.464 e. The van der Waals surface area contributed by atoms with Gasteiger partial charge in [-0.1, -0.05) is 12.1 Å². The highest BCUT2D eigenvalue weighted by molar-refractivity contribution is 5.96. The Morgan fingerprint density at radius 2 is 2.24 bits per heavy atom. The van der Waals surface area contributed by atoms with Gasteiger partial charge in [-0.25, -0.2) is 4.79 Å². The average molecular weight is 285 g/mol. The Balaban J connectivity index is 2.75. The molecule has 1 aromatic carbocycles. The number of methoxy groups -OCH3 is 1. The van der Waals surface area contributed by atoms with Gasteiger partial charge in [-0.2, -0.15) is 5.26 Å². The molecule has 0 aliphatic rings. The molecule has 1 heterocycles. The number of nitrogens with two attached hydrogens (primary N) is 1. The van der Waals surface area contributed by atoms with Gasteiger partial charge >= 0.3 is 5.97 Å². The third-order valence-corrected chi connectivity index (χ3v) is 3.26. The van der Waals surface area contributed by atoms with Gasteiger partial charge in [-0.05, 0) is 24.1 Å². The van der Waals surface area contributed by atoms with Crippen molar-refractivity contribution in [3.63, 3.8) is 0 Å². The zero-order valence-corrected chi connectivity index (χ0v) is 11.8. The second-order valence-corrected chi connectivity index (χ2v) is 4.56. The number of aromatic nitrogens is 1. The first-order valence-corrected chi connectivity index (χ1v) is 6.23. The van der Waals surface area contributed by atoms with Crippen LogP contribution in [0.25, 0.3) is 5.69 Å². The van der Waals surface area contributed by atoms with E-state index in [0.717, 1.165) is 5.56 Å². The summed E-state index contributed by atoms with van der Waals surface area (Å²) in [5.41, 5.74) is 8.47. The second kappa shape index (κ2) is 5.69. The topological polar surface area (TPSA) is 101 Å². The molecular formula is C15H15N3O3. The molecule has 6 nitrogen and oxygen atoms in total. The van der Waals surface area contributed by atoms with Gasteiger partial charge in [0.25, 0.3) is 0 Å². The molecule has 1 aromatic heterocycles. The first-order chi connectivity index (χ1) is 10.0. The Bertz CT molecular complexity index is 741. The normalized spacial score (nSPS) is 10.2. The number of hydrogen-bond acceptors (Lipinski definition) is 5. The third-order valence-electron chi connectivity index (χ3n) is 3.26. The number of anilines is 1. The van der Waals surface area contributed by atoms with Crippen molar-refractivity contribution in [2.45, 2.75) is 13.5 Å². The molecule has 3 N–H and O–H groups in total. The number of carbonyl (C=O) groups is 1. The van der Waals surface area contributed by atoms with Crippen molar-refractivity contribution in [2.24, 2.45) is 0 Å². The number of carbonyl (C=O) groups excluding carboxylic acids is 1. The van der Waals surface area contributed by atoms with Crippen molar-refractivity contribution >= 4 is 11.7 Å². The summed E-state index contributed by atoms with van der Waals surface area (Å²) in [6.07, 6.45) is 1.49. The van der Waals surface area contributed by atoms with Crippen molar-refractivity contribution < 1.29 is 14.6 Å². The molecule has 0 radical (unpaired) electrons. The first-order valence-electron chi connectivity index (χ1n) is 6.23. The predicted molar refractivity (Wildman–Crippen MR) is 76.9 cm³/mol. The molecule has 0 saturated carbocycles. The Hall–Kier alpha value is -2.78. The van der Waals surface area contributed by atoms with E-state index in [4.69, 9.17) is 15.7 Å². The van der Waals surface area contributed by atoms with Crippen molar-refractivity contribution in [3.05, 3.63) is 46.8 Å². The average Bonchev–Trinajstić information content (AvgIpc) is 2.83. The minimum absolute atomic E-state index is 0.0816. The number of nitrogens with zero attached hydrogens (tertiary/aromatic N) is 2. The van der Waals surface area contributed by atoms with E-state index >= 15 is 0 Å². The maximum Gasteiger partial charge on any atom is 0.357 e. The van der Waals surface area contributed by atoms with E-state index in [1.54, 1.807) is 12.1 Å². The number of aryl methyl sites for hydroxylation is 1. The molecule has 0 fully saturated rings. The SMILES string of the molecule is COC(=O)c1c(N)c(C#N)cn1-c1cc(CO)ccc1C. The van der Waals surface area contributed by atoms with Crippen molar-refractivity contribution in [1.82, 2.24) is 4.57 Å². The minimum atomic E-state index is -0.622. The Morgan fingerprint density at radius 1 is 1.52 bits per heavy atom. The van der Waals surface area contributed by atoms with E-state index in [1.807, 2.05) is 19.1 Å². The fourth-order valence-electron chi connectivity index (χ4n) is 2.12. The lowest BCUT2D eigenvalue weighted by atomic mass is 10.1. The summed E-state index contributed by atoms with van der Waals surface area (Å²) in [6.45, 7) is 1.74. The zero-order valence-electron chi connectivity index (χ0n) is 11.8. The van der Waals surface area contributed by atoms with Crippen LogP contribution in [-0.2, 0) is 11.3 Å². The number of aliphatic hydroxyl groups excluding tert-OH is 1. The zero-order chi connectivity index (χ0) is 15.6. The molecule has 0 saturated heterocycles. The standard InChI is InChI=1S/C15H15N3O3/c1-9-3-4-10(8-19)5-12(9)18-7-11(6-16)13(17)14(18)15(20)21-2/h3-5,7,19H,8,17H2,1-2H3. The van der Waals surface area contributed by atoms with Gasteiger partial charge in [0.15, 0.2) is 5.69 Å². The number of benzene rings is 1. The van der Waals surface area contributed by atoms with Crippen molar-refractivity contribution in [1.29, 1.82) is 5.26 Å². The Morgan fingerprint density at radius 3 is 2.81 bits per heavy atom. The number of nitrogen functional groups attached to an aromatic ring is 1. The molecule has 2 rings (SSSR count). The quantitative estimate of drug-likeness (QED) is 0.832. The van der Waals surface area contributed by atoms with Gasteiger partial charge in [0.2, 0.25) is 0 Å². The largest absolute Gasteiger partial charge is 0.464 e. The van der Waals surface area contributed by atoms with Gasteiger partial charge in [-0.3, -0.25) is 0 Å². The van der Waals surface area contributed by atoms with E-state index in [-0.39, 0.29) is 23.6 Å². The lowest BCUT2D eigenvalue weighted by Crippen LogP contribution is -2.12. The number of ether oxygens (including phenoxy) is 1. The molecular weight excluding hydrogens is 270 g/mol. The maximum absolute atomic E-state index is 11.9. The van der Waals surface area contributed by atoms with Crippen LogP contribution in [0.15, 0.2) is 24.4 Å². The van der Waals surface area contributed by atoms with Gasteiger partial charge in [-0.15, -0.1) is 0 Å². The van der Waals surface area contributed by atoms with Gasteiger partial charge in [0, 0.05) is 11.9 Å². The smallest absolute Gasteiger partial charge is 0.357 e. The number of rotatable bonds is 3. The highest BCUT2D eigenvalue weighted by Crippen LogP contribution is 2.27. The highest BCUT2D eigenvalue weighted by Gasteiger charge is 2.22. The van der Waals surface area contributed by atoms with Crippen LogP contribution >= 0.6 is 0 Å². The van der Waals surface area contributed by atoms with E-state index in [1.165, 1.54) is 17.9 Å². The molecule has 0 unspecified atom stereocenters. The van der Waals surface area contributed by atoms with Crippen LogP contribution < -0.4 is 5.73 Å². The first kappa shape index (κ1) is 14.6. The van der Waals surface area contributed by atoms with Gasteiger partial charge < -0.3 is 20.1 Å². The molecule has 0 bridgehead atoms. The molecule has 0 amide bonds. The van der Waals surface area contributed by atoms with Crippen LogP contribution in [0, 0.1) is 18.3 Å². The molecule has 2 aromatic rings. The molecule has 0 aliphatic heterocycles. The predicted octanol–water partition coefficient (Wildman–Crippen LogP) is 1.52. The summed E-state index contributed by atoms with van der Waals surface area (Å²) in [4.78, 5) is 11.9. The highest BCUT2D eigenvalue weighted by atomic mass is 16.5. The van der Waals surface area contributed by atoms with Crippen LogP contribution in [0.2, 0.25) is 0 Å². The Labute approximate surface area is 122 Å². The fraction of sp³-hybridized carbons (Fsp3) is 0.200. The molecule has 6 heteroatoms. The summed E-state index contributed by atoms with van der Waals surface area (Å²) in [5, 5.41) is 18.3. The van der Waals surface area contributed by atoms with E-state index < -0.39 is 5.97 Å². The monoisotopic (exact) mass is 285 g/mol. The van der Waals surface area contributed by atoms with Crippen LogP contribution in [0.4, 0.5) is 5.69 Å². The number of esters is 1. The summed E-state index contributed by atoms with van der Waals surface area (Å²) < 4.78 is 6.26.